The molecule has 0 saturated heterocycles. The van der Waals surface area contributed by atoms with Crippen molar-refractivity contribution in [2.24, 2.45) is 0 Å². The zero-order chi connectivity index (χ0) is 22.1. The molecule has 0 spiro atoms. The van der Waals surface area contributed by atoms with Crippen LogP contribution >= 0.6 is 22.9 Å². The van der Waals surface area contributed by atoms with Crippen LogP contribution in [-0.4, -0.2) is 40.2 Å². The summed E-state index contributed by atoms with van der Waals surface area (Å²) in [6.07, 6.45) is 6.19. The SMILES string of the molecule is Cc1c(Cl)ccc2sc(N(CCCn3ccnc3)C(=O)c3ccc4c(c3)OCCO4)nc12. The lowest BCUT2D eigenvalue weighted by Gasteiger charge is -2.22. The van der Waals surface area contributed by atoms with Crippen molar-refractivity contribution >= 4 is 44.2 Å². The summed E-state index contributed by atoms with van der Waals surface area (Å²) < 4.78 is 14.3. The first-order valence-electron chi connectivity index (χ1n) is 10.3. The Morgan fingerprint density at radius 1 is 1.22 bits per heavy atom. The molecular formula is C23H21ClN4O3S. The fourth-order valence-electron chi connectivity index (χ4n) is 3.65. The summed E-state index contributed by atoms with van der Waals surface area (Å²) in [4.78, 5) is 24.2. The predicted octanol–water partition coefficient (Wildman–Crippen LogP) is 4.96. The van der Waals surface area contributed by atoms with Crippen molar-refractivity contribution in [3.63, 3.8) is 0 Å². The lowest BCUT2D eigenvalue weighted by molar-refractivity contribution is 0.0985. The lowest BCUT2D eigenvalue weighted by Crippen LogP contribution is -2.32. The van der Waals surface area contributed by atoms with Gasteiger partial charge >= 0.3 is 0 Å². The highest BCUT2D eigenvalue weighted by Gasteiger charge is 2.24. The molecule has 3 heterocycles. The third kappa shape index (κ3) is 4.03. The quantitative estimate of drug-likeness (QED) is 0.400. The number of carbonyl (C=O) groups is 1. The standard InChI is InChI=1S/C23H21ClN4O3S/c1-15-17(24)4-6-20-21(15)26-23(32-20)28(9-2-8-27-10-7-25-14-27)22(29)16-3-5-18-19(13-16)31-12-11-30-18/h3-7,10,13-14H,2,8-9,11-12H2,1H3. The molecule has 0 bridgehead atoms. The van der Waals surface area contributed by atoms with E-state index < -0.39 is 0 Å². The van der Waals surface area contributed by atoms with E-state index in [1.54, 1.807) is 35.6 Å². The third-order valence-corrected chi connectivity index (χ3v) is 6.81. The molecule has 0 saturated carbocycles. The predicted molar refractivity (Wildman–Crippen MR) is 125 cm³/mol. The maximum atomic E-state index is 13.6. The molecule has 0 N–H and O–H groups in total. The Balaban J connectivity index is 1.47. The van der Waals surface area contributed by atoms with E-state index in [0.29, 0.717) is 47.0 Å². The van der Waals surface area contributed by atoms with Gasteiger partial charge in [0.15, 0.2) is 16.6 Å². The number of benzene rings is 2. The summed E-state index contributed by atoms with van der Waals surface area (Å²) in [5.74, 6) is 1.12. The molecule has 0 radical (unpaired) electrons. The highest BCUT2D eigenvalue weighted by molar-refractivity contribution is 7.22. The number of ether oxygens (including phenoxy) is 2. The number of halogens is 1. The topological polar surface area (TPSA) is 69.5 Å². The number of anilines is 1. The number of hydrogen-bond acceptors (Lipinski definition) is 6. The maximum Gasteiger partial charge on any atom is 0.260 e. The van der Waals surface area contributed by atoms with Crippen molar-refractivity contribution in [1.82, 2.24) is 14.5 Å². The van der Waals surface area contributed by atoms with Gasteiger partial charge in [0.1, 0.15) is 13.2 Å². The van der Waals surface area contributed by atoms with E-state index in [4.69, 9.17) is 26.1 Å². The largest absolute Gasteiger partial charge is 0.486 e. The van der Waals surface area contributed by atoms with Gasteiger partial charge in [-0.1, -0.05) is 22.9 Å². The third-order valence-electron chi connectivity index (χ3n) is 5.36. The first kappa shape index (κ1) is 20.8. The molecule has 4 aromatic rings. The Hall–Kier alpha value is -3.10. The second kappa shape index (κ2) is 8.80. The molecular weight excluding hydrogens is 448 g/mol. The number of thiazole rings is 1. The summed E-state index contributed by atoms with van der Waals surface area (Å²) in [5, 5.41) is 1.31. The summed E-state index contributed by atoms with van der Waals surface area (Å²) in [6.45, 7) is 4.18. The molecule has 2 aromatic carbocycles. The molecule has 7 nitrogen and oxygen atoms in total. The Kier molecular flexibility index (Phi) is 5.71. The van der Waals surface area contributed by atoms with Crippen molar-refractivity contribution in [2.45, 2.75) is 19.9 Å². The van der Waals surface area contributed by atoms with Gasteiger partial charge in [-0.2, -0.15) is 0 Å². The Bertz CT molecular complexity index is 1270. The molecule has 5 rings (SSSR count). The molecule has 1 aliphatic rings. The number of aryl methyl sites for hydroxylation is 2. The Morgan fingerprint density at radius 3 is 2.88 bits per heavy atom. The highest BCUT2D eigenvalue weighted by atomic mass is 35.5. The van der Waals surface area contributed by atoms with Crippen LogP contribution in [0.25, 0.3) is 10.2 Å². The van der Waals surface area contributed by atoms with Gasteiger partial charge in [0, 0.05) is 36.1 Å². The number of nitrogens with zero attached hydrogens (tertiary/aromatic N) is 4. The van der Waals surface area contributed by atoms with Crippen molar-refractivity contribution in [1.29, 1.82) is 0 Å². The van der Waals surface area contributed by atoms with E-state index in [0.717, 1.165) is 28.7 Å². The number of aromatic nitrogens is 3. The van der Waals surface area contributed by atoms with Crippen LogP contribution in [-0.2, 0) is 6.54 Å². The first-order chi connectivity index (χ1) is 15.6. The maximum absolute atomic E-state index is 13.6. The van der Waals surface area contributed by atoms with Crippen molar-refractivity contribution in [3.8, 4) is 11.5 Å². The fourth-order valence-corrected chi connectivity index (χ4v) is 4.85. The van der Waals surface area contributed by atoms with Gasteiger partial charge in [-0.05, 0) is 49.2 Å². The smallest absolute Gasteiger partial charge is 0.260 e. The Morgan fingerprint density at radius 2 is 2.06 bits per heavy atom. The molecule has 0 atom stereocenters. The molecule has 0 aliphatic carbocycles. The van der Waals surface area contributed by atoms with E-state index in [9.17, 15) is 4.79 Å². The highest BCUT2D eigenvalue weighted by Crippen LogP contribution is 2.35. The van der Waals surface area contributed by atoms with Gasteiger partial charge < -0.3 is 14.0 Å². The monoisotopic (exact) mass is 468 g/mol. The van der Waals surface area contributed by atoms with Crippen LogP contribution < -0.4 is 14.4 Å². The molecule has 32 heavy (non-hydrogen) atoms. The Labute approximate surface area is 194 Å². The van der Waals surface area contributed by atoms with Gasteiger partial charge in [-0.15, -0.1) is 0 Å². The van der Waals surface area contributed by atoms with Gasteiger partial charge in [-0.25, -0.2) is 9.97 Å². The summed E-state index contributed by atoms with van der Waals surface area (Å²) in [6, 6.07) is 9.12. The van der Waals surface area contributed by atoms with E-state index in [2.05, 4.69) is 4.98 Å². The molecule has 1 aliphatic heterocycles. The second-order valence-electron chi connectivity index (χ2n) is 7.48. The number of rotatable bonds is 6. The van der Waals surface area contributed by atoms with Crippen molar-refractivity contribution in [2.75, 3.05) is 24.7 Å². The molecule has 0 unspecified atom stereocenters. The summed E-state index contributed by atoms with van der Waals surface area (Å²) in [5.41, 5.74) is 2.27. The second-order valence-corrected chi connectivity index (χ2v) is 8.90. The zero-order valence-corrected chi connectivity index (χ0v) is 19.0. The van der Waals surface area contributed by atoms with Crippen LogP contribution in [0.5, 0.6) is 11.5 Å². The fraction of sp³-hybridized carbons (Fsp3) is 0.261. The van der Waals surface area contributed by atoms with Crippen molar-refractivity contribution < 1.29 is 14.3 Å². The number of imidazole rings is 1. The van der Waals surface area contributed by atoms with Crippen LogP contribution in [0.4, 0.5) is 5.13 Å². The number of carbonyl (C=O) groups excluding carboxylic acids is 1. The van der Waals surface area contributed by atoms with Crippen molar-refractivity contribution in [3.05, 3.63) is 65.2 Å². The van der Waals surface area contributed by atoms with Crippen LogP contribution in [0, 0.1) is 6.92 Å². The van der Waals surface area contributed by atoms with E-state index in [1.807, 2.05) is 29.8 Å². The number of amides is 1. The zero-order valence-electron chi connectivity index (χ0n) is 17.5. The average molecular weight is 469 g/mol. The van der Waals surface area contributed by atoms with E-state index >= 15 is 0 Å². The average Bonchev–Trinajstić information content (AvgIpc) is 3.49. The summed E-state index contributed by atoms with van der Waals surface area (Å²) in [7, 11) is 0. The van der Waals surface area contributed by atoms with Crippen LogP contribution in [0.15, 0.2) is 49.1 Å². The van der Waals surface area contributed by atoms with Crippen LogP contribution in [0.2, 0.25) is 5.02 Å². The van der Waals surface area contributed by atoms with Gasteiger partial charge in [0.25, 0.3) is 5.91 Å². The minimum Gasteiger partial charge on any atom is -0.486 e. The molecule has 164 valence electrons. The summed E-state index contributed by atoms with van der Waals surface area (Å²) >= 11 is 7.78. The lowest BCUT2D eigenvalue weighted by atomic mass is 10.1. The van der Waals surface area contributed by atoms with Gasteiger partial charge in [-0.3, -0.25) is 9.69 Å². The van der Waals surface area contributed by atoms with E-state index in [1.165, 1.54) is 11.3 Å². The van der Waals surface area contributed by atoms with Gasteiger partial charge in [0.2, 0.25) is 0 Å². The molecule has 9 heteroatoms. The normalized spacial score (nSPS) is 12.8. The van der Waals surface area contributed by atoms with E-state index in [-0.39, 0.29) is 5.91 Å². The molecule has 0 fully saturated rings. The van der Waals surface area contributed by atoms with Gasteiger partial charge in [0.05, 0.1) is 16.5 Å². The molecule has 1 amide bonds. The minimum absolute atomic E-state index is 0.129. The van der Waals surface area contributed by atoms with Crippen LogP contribution in [0.3, 0.4) is 0 Å². The number of fused-ring (bicyclic) bond motifs is 2. The first-order valence-corrected chi connectivity index (χ1v) is 11.5. The molecule has 2 aromatic heterocycles. The van der Waals surface area contributed by atoms with Crippen LogP contribution in [0.1, 0.15) is 22.3 Å². The minimum atomic E-state index is -0.129. The number of hydrogen-bond donors (Lipinski definition) is 0.